The molecule has 1 unspecified atom stereocenters. The molecule has 2 aromatic carbocycles. The molecule has 1 aliphatic heterocycles. The average molecular weight is 444 g/mol. The highest BCUT2D eigenvalue weighted by molar-refractivity contribution is 7.10. The van der Waals surface area contributed by atoms with Crippen molar-refractivity contribution >= 4 is 46.1 Å². The van der Waals surface area contributed by atoms with Crippen LogP contribution in [0.2, 0.25) is 5.02 Å². The first-order chi connectivity index (χ1) is 14.4. The van der Waals surface area contributed by atoms with E-state index in [1.807, 2.05) is 0 Å². The summed E-state index contributed by atoms with van der Waals surface area (Å²) in [5, 5.41) is 13.2. The maximum Gasteiger partial charge on any atom is 0.300 e. The number of carbonyl (C=O) groups is 2. The van der Waals surface area contributed by atoms with E-state index in [9.17, 15) is 19.1 Å². The predicted octanol–water partition coefficient (Wildman–Crippen LogP) is 5.18. The van der Waals surface area contributed by atoms with Gasteiger partial charge < -0.3 is 9.84 Å². The lowest BCUT2D eigenvalue weighted by atomic mass is 9.99. The first kappa shape index (κ1) is 20.1. The Morgan fingerprint density at radius 1 is 1.17 bits per heavy atom. The minimum absolute atomic E-state index is 0.118. The number of methoxy groups -OCH3 is 1. The van der Waals surface area contributed by atoms with E-state index in [1.165, 1.54) is 53.7 Å². The molecule has 5 nitrogen and oxygen atoms in total. The normalized spacial score (nSPS) is 18.1. The third kappa shape index (κ3) is 3.36. The zero-order valence-corrected chi connectivity index (χ0v) is 17.2. The predicted molar refractivity (Wildman–Crippen MR) is 114 cm³/mol. The molecule has 4 rings (SSSR count). The number of anilines is 1. The number of benzene rings is 2. The molecule has 1 N–H and O–H groups in total. The SMILES string of the molecule is COc1ccc(Cl)cc1/C(O)=C1/C(=O)C(=O)N(c2cccc(F)c2)C1c1cccs1. The van der Waals surface area contributed by atoms with Crippen molar-refractivity contribution in [2.75, 3.05) is 12.0 Å². The minimum atomic E-state index is -0.921. The Bertz CT molecular complexity index is 1180. The molecule has 0 spiro atoms. The molecule has 0 bridgehead atoms. The van der Waals surface area contributed by atoms with Crippen LogP contribution in [-0.4, -0.2) is 23.9 Å². The standard InChI is InChI=1S/C22H15ClFNO4S/c1-29-16-8-7-12(23)10-15(16)20(26)18-19(17-6-3-9-30-17)25(22(28)21(18)27)14-5-2-4-13(24)11-14/h2-11,19,26H,1H3/b20-18-. The average Bonchev–Trinajstić information content (AvgIpc) is 3.34. The topological polar surface area (TPSA) is 66.8 Å². The van der Waals surface area contributed by atoms with Crippen LogP contribution in [0.5, 0.6) is 5.75 Å². The highest BCUT2D eigenvalue weighted by Crippen LogP contribution is 2.44. The second-order valence-corrected chi connectivity index (χ2v) is 7.92. The number of ketones is 1. The van der Waals surface area contributed by atoms with Crippen molar-refractivity contribution in [2.45, 2.75) is 6.04 Å². The number of halogens is 2. The maximum atomic E-state index is 13.9. The largest absolute Gasteiger partial charge is 0.507 e. The first-order valence-corrected chi connectivity index (χ1v) is 10.1. The second kappa shape index (κ2) is 7.93. The van der Waals surface area contributed by atoms with Crippen LogP contribution in [0.1, 0.15) is 16.5 Å². The quantitative estimate of drug-likeness (QED) is 0.343. The summed E-state index contributed by atoms with van der Waals surface area (Å²) < 4.78 is 19.2. The fourth-order valence-electron chi connectivity index (χ4n) is 3.45. The summed E-state index contributed by atoms with van der Waals surface area (Å²) in [6.45, 7) is 0. The van der Waals surface area contributed by atoms with Crippen molar-refractivity contribution in [2.24, 2.45) is 0 Å². The number of amides is 1. The highest BCUT2D eigenvalue weighted by Gasteiger charge is 2.47. The summed E-state index contributed by atoms with van der Waals surface area (Å²) >= 11 is 7.39. The van der Waals surface area contributed by atoms with E-state index in [1.54, 1.807) is 29.6 Å². The third-order valence-corrected chi connectivity index (χ3v) is 5.92. The molecule has 1 atom stereocenters. The first-order valence-electron chi connectivity index (χ1n) is 8.86. The van der Waals surface area contributed by atoms with E-state index in [4.69, 9.17) is 16.3 Å². The van der Waals surface area contributed by atoms with E-state index in [2.05, 4.69) is 0 Å². The van der Waals surface area contributed by atoms with Crippen molar-refractivity contribution in [3.8, 4) is 5.75 Å². The van der Waals surface area contributed by atoms with Gasteiger partial charge in [-0.1, -0.05) is 23.7 Å². The van der Waals surface area contributed by atoms with Gasteiger partial charge in [0.05, 0.1) is 18.2 Å². The number of aliphatic hydroxyl groups is 1. The fraction of sp³-hybridized carbons (Fsp3) is 0.0909. The van der Waals surface area contributed by atoms with Gasteiger partial charge in [-0.15, -0.1) is 11.3 Å². The molecule has 2 heterocycles. The molecule has 0 saturated carbocycles. The summed E-state index contributed by atoms with van der Waals surface area (Å²) in [5.74, 6) is -2.40. The van der Waals surface area contributed by atoms with E-state index in [-0.39, 0.29) is 16.8 Å². The zero-order chi connectivity index (χ0) is 21.4. The van der Waals surface area contributed by atoms with Gasteiger partial charge in [0.15, 0.2) is 0 Å². The van der Waals surface area contributed by atoms with Gasteiger partial charge in [0.1, 0.15) is 23.4 Å². The van der Waals surface area contributed by atoms with Crippen LogP contribution in [0.15, 0.2) is 65.6 Å². The Morgan fingerprint density at radius 3 is 2.63 bits per heavy atom. The minimum Gasteiger partial charge on any atom is -0.507 e. The maximum absolute atomic E-state index is 13.9. The molecule has 1 amide bonds. The number of thiophene rings is 1. The number of rotatable bonds is 4. The van der Waals surface area contributed by atoms with Crippen molar-refractivity contribution in [1.29, 1.82) is 0 Å². The second-order valence-electron chi connectivity index (χ2n) is 6.51. The van der Waals surface area contributed by atoms with Gasteiger partial charge in [0, 0.05) is 15.6 Å². The molecule has 8 heteroatoms. The van der Waals surface area contributed by atoms with Gasteiger partial charge >= 0.3 is 0 Å². The lowest BCUT2D eigenvalue weighted by Crippen LogP contribution is -2.29. The lowest BCUT2D eigenvalue weighted by molar-refractivity contribution is -0.132. The lowest BCUT2D eigenvalue weighted by Gasteiger charge is -2.24. The smallest absolute Gasteiger partial charge is 0.300 e. The Morgan fingerprint density at radius 2 is 1.97 bits per heavy atom. The van der Waals surface area contributed by atoms with Crippen molar-refractivity contribution in [1.82, 2.24) is 0 Å². The van der Waals surface area contributed by atoms with Gasteiger partial charge in [0.2, 0.25) is 0 Å². The summed E-state index contributed by atoms with van der Waals surface area (Å²) in [6, 6.07) is 12.6. The molecule has 1 aromatic heterocycles. The molecule has 30 heavy (non-hydrogen) atoms. The van der Waals surface area contributed by atoms with Crippen LogP contribution in [0.3, 0.4) is 0 Å². The highest BCUT2D eigenvalue weighted by atomic mass is 35.5. The number of carbonyl (C=O) groups excluding carboxylic acids is 2. The van der Waals surface area contributed by atoms with Crippen LogP contribution >= 0.6 is 22.9 Å². The number of ether oxygens (including phenoxy) is 1. The van der Waals surface area contributed by atoms with Gasteiger partial charge in [-0.25, -0.2) is 4.39 Å². The number of aliphatic hydroxyl groups excluding tert-OH is 1. The third-order valence-electron chi connectivity index (χ3n) is 4.76. The van der Waals surface area contributed by atoms with Crippen LogP contribution < -0.4 is 9.64 Å². The number of hydrogen-bond donors (Lipinski definition) is 1. The van der Waals surface area contributed by atoms with Crippen LogP contribution in [0.25, 0.3) is 5.76 Å². The molecular formula is C22H15ClFNO4S. The van der Waals surface area contributed by atoms with Gasteiger partial charge in [-0.3, -0.25) is 14.5 Å². The van der Waals surface area contributed by atoms with Gasteiger partial charge in [-0.2, -0.15) is 0 Å². The molecular weight excluding hydrogens is 429 g/mol. The van der Waals surface area contributed by atoms with Crippen LogP contribution in [-0.2, 0) is 9.59 Å². The Balaban J connectivity index is 1.97. The Labute approximate surface area is 180 Å². The molecule has 1 aliphatic rings. The van der Waals surface area contributed by atoms with E-state index >= 15 is 0 Å². The van der Waals surface area contributed by atoms with E-state index in [0.717, 1.165) is 0 Å². The summed E-state index contributed by atoms with van der Waals surface area (Å²) in [6.07, 6.45) is 0. The number of hydrogen-bond acceptors (Lipinski definition) is 5. The number of Topliss-reactive ketones (excluding diaryl/α,β-unsaturated/α-hetero) is 1. The molecule has 3 aromatic rings. The van der Waals surface area contributed by atoms with E-state index < -0.39 is 29.3 Å². The fourth-order valence-corrected chi connectivity index (χ4v) is 4.45. The molecule has 152 valence electrons. The molecule has 1 saturated heterocycles. The summed E-state index contributed by atoms with van der Waals surface area (Å²) in [4.78, 5) is 27.8. The van der Waals surface area contributed by atoms with Gasteiger partial charge in [0.25, 0.3) is 11.7 Å². The van der Waals surface area contributed by atoms with Gasteiger partial charge in [-0.05, 0) is 47.8 Å². The zero-order valence-electron chi connectivity index (χ0n) is 15.6. The van der Waals surface area contributed by atoms with E-state index in [0.29, 0.717) is 15.6 Å². The molecule has 1 fully saturated rings. The van der Waals surface area contributed by atoms with Crippen LogP contribution in [0, 0.1) is 5.82 Å². The summed E-state index contributed by atoms with van der Waals surface area (Å²) in [7, 11) is 1.42. The number of nitrogens with zero attached hydrogens (tertiary/aromatic N) is 1. The van der Waals surface area contributed by atoms with Crippen molar-refractivity contribution in [3.63, 3.8) is 0 Å². The summed E-state index contributed by atoms with van der Waals surface area (Å²) in [5.41, 5.74) is 0.281. The van der Waals surface area contributed by atoms with Crippen molar-refractivity contribution < 1.29 is 23.8 Å². The van der Waals surface area contributed by atoms with Crippen molar-refractivity contribution in [3.05, 3.63) is 86.8 Å². The molecule has 0 radical (unpaired) electrons. The molecule has 0 aliphatic carbocycles. The van der Waals surface area contributed by atoms with Crippen LogP contribution in [0.4, 0.5) is 10.1 Å². The monoisotopic (exact) mass is 443 g/mol. The Kier molecular flexibility index (Phi) is 5.32. The Hall–Kier alpha value is -3.16.